The van der Waals surface area contributed by atoms with E-state index in [2.05, 4.69) is 26.5 Å². The van der Waals surface area contributed by atoms with Crippen molar-refractivity contribution in [3.63, 3.8) is 0 Å². The fourth-order valence-electron chi connectivity index (χ4n) is 2.56. The van der Waals surface area contributed by atoms with Gasteiger partial charge in [0, 0.05) is 15.6 Å². The largest absolute Gasteiger partial charge is 0.462 e. The number of benzene rings is 2. The van der Waals surface area contributed by atoms with Crippen molar-refractivity contribution in [2.75, 3.05) is 6.61 Å². The van der Waals surface area contributed by atoms with Crippen LogP contribution in [-0.2, 0) is 4.74 Å². The van der Waals surface area contributed by atoms with E-state index >= 15 is 0 Å². The summed E-state index contributed by atoms with van der Waals surface area (Å²) in [7, 11) is 0. The van der Waals surface area contributed by atoms with Gasteiger partial charge in [-0.25, -0.2) is 10.2 Å². The lowest BCUT2D eigenvalue weighted by atomic mass is 10.1. The molecule has 0 saturated carbocycles. The molecule has 1 aromatic heterocycles. The van der Waals surface area contributed by atoms with Crippen LogP contribution in [0.15, 0.2) is 74.7 Å². The van der Waals surface area contributed by atoms with Crippen molar-refractivity contribution in [1.29, 1.82) is 0 Å². The number of furan rings is 1. The molecule has 0 aliphatic rings. The smallest absolute Gasteiger partial charge is 0.338 e. The number of amides is 1. The van der Waals surface area contributed by atoms with Crippen molar-refractivity contribution >= 4 is 34.0 Å². The summed E-state index contributed by atoms with van der Waals surface area (Å²) in [6.45, 7) is 2.47. The van der Waals surface area contributed by atoms with Gasteiger partial charge in [-0.05, 0) is 55.0 Å². The highest BCUT2D eigenvalue weighted by molar-refractivity contribution is 9.10. The number of nitrogens with zero attached hydrogens (tertiary/aromatic N) is 1. The fraction of sp³-hybridized carbons (Fsp3) is 0.174. The summed E-state index contributed by atoms with van der Waals surface area (Å²) in [6.07, 6.45) is 3.26. The van der Waals surface area contributed by atoms with Crippen molar-refractivity contribution in [3.8, 4) is 11.3 Å². The maximum absolute atomic E-state index is 12.0. The third kappa shape index (κ3) is 5.90. The molecule has 0 saturated heterocycles. The molecular weight excluding hydrogens is 448 g/mol. The Hall–Kier alpha value is -3.19. The predicted octanol–water partition coefficient (Wildman–Crippen LogP) is 5.43. The second-order valence-electron chi connectivity index (χ2n) is 6.47. The van der Waals surface area contributed by atoms with Crippen LogP contribution in [0.5, 0.6) is 0 Å². The molecule has 0 aliphatic heterocycles. The van der Waals surface area contributed by atoms with Crippen LogP contribution in [0.25, 0.3) is 11.3 Å². The quantitative estimate of drug-likeness (QED) is 0.207. The fourth-order valence-corrected chi connectivity index (χ4v) is 2.83. The Morgan fingerprint density at radius 1 is 1.03 bits per heavy atom. The van der Waals surface area contributed by atoms with E-state index in [0.29, 0.717) is 29.3 Å². The van der Waals surface area contributed by atoms with Gasteiger partial charge in [-0.2, -0.15) is 5.10 Å². The molecule has 0 aliphatic carbocycles. The molecule has 7 heteroatoms. The van der Waals surface area contributed by atoms with Crippen LogP contribution in [-0.4, -0.2) is 24.7 Å². The summed E-state index contributed by atoms with van der Waals surface area (Å²) in [5.41, 5.74) is 4.28. The molecule has 0 unspecified atom stereocenters. The zero-order valence-electron chi connectivity index (χ0n) is 16.4. The highest BCUT2D eigenvalue weighted by atomic mass is 79.9. The maximum Gasteiger partial charge on any atom is 0.338 e. The minimum absolute atomic E-state index is 0.313. The molecule has 0 fully saturated rings. The zero-order chi connectivity index (χ0) is 21.3. The zero-order valence-corrected chi connectivity index (χ0v) is 18.0. The number of hydrogen-bond acceptors (Lipinski definition) is 5. The van der Waals surface area contributed by atoms with Gasteiger partial charge in [0.15, 0.2) is 0 Å². The Kier molecular flexibility index (Phi) is 7.57. The summed E-state index contributed by atoms with van der Waals surface area (Å²) in [5, 5.41) is 3.93. The van der Waals surface area contributed by atoms with Gasteiger partial charge in [-0.1, -0.05) is 41.4 Å². The number of hydrogen-bond donors (Lipinski definition) is 1. The van der Waals surface area contributed by atoms with Crippen LogP contribution >= 0.6 is 15.9 Å². The van der Waals surface area contributed by atoms with Crippen LogP contribution in [0.1, 0.15) is 46.2 Å². The SMILES string of the molecule is CCCCOC(=O)c1ccc(-c2ccc(/C=N\NC(=O)c3ccc(Br)cc3)o2)cc1. The van der Waals surface area contributed by atoms with E-state index in [4.69, 9.17) is 9.15 Å². The van der Waals surface area contributed by atoms with Crippen LogP contribution in [0.2, 0.25) is 0 Å². The number of carbonyl (C=O) groups is 2. The van der Waals surface area contributed by atoms with Crippen LogP contribution < -0.4 is 5.43 Å². The van der Waals surface area contributed by atoms with Gasteiger partial charge in [0.25, 0.3) is 5.91 Å². The lowest BCUT2D eigenvalue weighted by Crippen LogP contribution is -2.17. The lowest BCUT2D eigenvalue weighted by molar-refractivity contribution is 0.0499. The van der Waals surface area contributed by atoms with Crippen molar-refractivity contribution in [1.82, 2.24) is 5.43 Å². The molecular formula is C23H21BrN2O4. The molecule has 3 rings (SSSR count). The van der Waals surface area contributed by atoms with E-state index in [-0.39, 0.29) is 11.9 Å². The lowest BCUT2D eigenvalue weighted by Gasteiger charge is -2.04. The average Bonchev–Trinajstić information content (AvgIpc) is 3.23. The summed E-state index contributed by atoms with van der Waals surface area (Å²) in [6, 6.07) is 17.5. The number of rotatable bonds is 8. The number of ether oxygens (including phenoxy) is 1. The Morgan fingerprint density at radius 3 is 2.43 bits per heavy atom. The summed E-state index contributed by atoms with van der Waals surface area (Å²) in [5.74, 6) is 0.474. The molecule has 0 spiro atoms. The molecule has 30 heavy (non-hydrogen) atoms. The number of hydrazone groups is 1. The van der Waals surface area contributed by atoms with Crippen molar-refractivity contribution in [3.05, 3.63) is 82.0 Å². The number of esters is 1. The minimum Gasteiger partial charge on any atom is -0.462 e. The first-order valence-electron chi connectivity index (χ1n) is 9.53. The molecule has 0 radical (unpaired) electrons. The second-order valence-corrected chi connectivity index (χ2v) is 7.39. The number of nitrogens with one attached hydrogen (secondary N) is 1. The summed E-state index contributed by atoms with van der Waals surface area (Å²) in [4.78, 5) is 24.0. The van der Waals surface area contributed by atoms with Gasteiger partial charge in [-0.15, -0.1) is 0 Å². The highest BCUT2D eigenvalue weighted by Gasteiger charge is 2.09. The third-order valence-corrected chi connectivity index (χ3v) is 4.76. The predicted molar refractivity (Wildman–Crippen MR) is 119 cm³/mol. The monoisotopic (exact) mass is 468 g/mol. The van der Waals surface area contributed by atoms with E-state index in [1.54, 1.807) is 60.7 Å². The van der Waals surface area contributed by atoms with E-state index in [1.165, 1.54) is 6.21 Å². The van der Waals surface area contributed by atoms with Crippen molar-refractivity contribution in [2.24, 2.45) is 5.10 Å². The molecule has 1 amide bonds. The first kappa shape index (κ1) is 21.5. The van der Waals surface area contributed by atoms with E-state index in [1.807, 2.05) is 6.92 Å². The van der Waals surface area contributed by atoms with E-state index in [9.17, 15) is 9.59 Å². The van der Waals surface area contributed by atoms with Gasteiger partial charge >= 0.3 is 5.97 Å². The van der Waals surface area contributed by atoms with Crippen molar-refractivity contribution in [2.45, 2.75) is 19.8 Å². The second kappa shape index (κ2) is 10.5. The molecule has 6 nitrogen and oxygen atoms in total. The minimum atomic E-state index is -0.330. The Morgan fingerprint density at radius 2 is 1.73 bits per heavy atom. The Bertz CT molecular complexity index is 1020. The van der Waals surface area contributed by atoms with Gasteiger partial charge < -0.3 is 9.15 Å². The van der Waals surface area contributed by atoms with Gasteiger partial charge in [-0.3, -0.25) is 4.79 Å². The topological polar surface area (TPSA) is 80.9 Å². The van der Waals surface area contributed by atoms with E-state index < -0.39 is 0 Å². The molecule has 0 atom stereocenters. The molecule has 3 aromatic rings. The number of halogens is 1. The highest BCUT2D eigenvalue weighted by Crippen LogP contribution is 2.22. The normalized spacial score (nSPS) is 10.9. The Balaban J connectivity index is 1.57. The maximum atomic E-state index is 12.0. The molecule has 154 valence electrons. The first-order chi connectivity index (χ1) is 14.6. The van der Waals surface area contributed by atoms with E-state index in [0.717, 1.165) is 22.9 Å². The number of unbranched alkanes of at least 4 members (excludes halogenated alkanes) is 1. The van der Waals surface area contributed by atoms with Gasteiger partial charge in [0.2, 0.25) is 0 Å². The van der Waals surface area contributed by atoms with Crippen LogP contribution in [0, 0.1) is 0 Å². The van der Waals surface area contributed by atoms with Gasteiger partial charge in [0.1, 0.15) is 11.5 Å². The number of carbonyl (C=O) groups excluding carboxylic acids is 2. The summed E-state index contributed by atoms with van der Waals surface area (Å²) >= 11 is 3.33. The van der Waals surface area contributed by atoms with Crippen molar-refractivity contribution < 1.29 is 18.7 Å². The standard InChI is InChI=1S/C23H21BrN2O4/c1-2-3-14-29-23(28)18-6-4-16(5-7-18)21-13-12-20(30-21)15-25-26-22(27)17-8-10-19(24)11-9-17/h4-13,15H,2-3,14H2,1H3,(H,26,27)/b25-15-. The third-order valence-electron chi connectivity index (χ3n) is 4.23. The van der Waals surface area contributed by atoms with Crippen LogP contribution in [0.3, 0.4) is 0 Å². The summed E-state index contributed by atoms with van der Waals surface area (Å²) < 4.78 is 11.8. The molecule has 0 bridgehead atoms. The molecule has 1 N–H and O–H groups in total. The average molecular weight is 469 g/mol. The Labute approximate surface area is 183 Å². The molecule has 2 aromatic carbocycles. The van der Waals surface area contributed by atoms with Gasteiger partial charge in [0.05, 0.1) is 18.4 Å². The molecule has 1 heterocycles. The first-order valence-corrected chi connectivity index (χ1v) is 10.3. The van der Waals surface area contributed by atoms with Crippen LogP contribution in [0.4, 0.5) is 0 Å².